The molecule has 0 saturated carbocycles. The fraction of sp³-hybridized carbons (Fsp3) is 0.929. The van der Waals surface area contributed by atoms with Crippen molar-refractivity contribution >= 4 is 17.0 Å². The number of esters is 1. The number of nitrogens with one attached hydrogen (secondary N) is 1. The standard InChI is InChI=1S/C14H26F3NO3S/c1-12(2,3)8-9(11(19)21-7)10(14(15,16)17)18-22(20)13(4,5)6/h9-10,18H,8H2,1-7H3/t9-,10-,22-/m1/s1. The van der Waals surface area contributed by atoms with E-state index in [0.29, 0.717) is 0 Å². The molecule has 0 heterocycles. The average molecular weight is 345 g/mol. The van der Waals surface area contributed by atoms with E-state index in [0.717, 1.165) is 7.11 Å². The average Bonchev–Trinajstić information content (AvgIpc) is 2.28. The lowest BCUT2D eigenvalue weighted by atomic mass is 9.81. The molecule has 3 atom stereocenters. The molecule has 0 saturated heterocycles. The molecule has 0 fully saturated rings. The number of alkyl halides is 3. The van der Waals surface area contributed by atoms with E-state index in [4.69, 9.17) is 0 Å². The van der Waals surface area contributed by atoms with Gasteiger partial charge in [-0.05, 0) is 32.6 Å². The molecule has 1 N–H and O–H groups in total. The molecule has 0 aromatic heterocycles. The van der Waals surface area contributed by atoms with Gasteiger partial charge in [-0.2, -0.15) is 13.2 Å². The molecule has 0 aliphatic rings. The van der Waals surface area contributed by atoms with E-state index in [1.165, 1.54) is 0 Å². The Bertz CT molecular complexity index is 411. The summed E-state index contributed by atoms with van der Waals surface area (Å²) in [4.78, 5) is 11.8. The van der Waals surface area contributed by atoms with Crippen LogP contribution in [0, 0.1) is 11.3 Å². The highest BCUT2D eigenvalue weighted by atomic mass is 32.2. The van der Waals surface area contributed by atoms with Gasteiger partial charge in [0.25, 0.3) is 0 Å². The number of carbonyl (C=O) groups is 1. The van der Waals surface area contributed by atoms with E-state index in [-0.39, 0.29) is 6.42 Å². The summed E-state index contributed by atoms with van der Waals surface area (Å²) in [7, 11) is -0.911. The number of rotatable bonds is 5. The molecule has 0 bridgehead atoms. The Labute approximate surface area is 132 Å². The summed E-state index contributed by atoms with van der Waals surface area (Å²) in [5, 5.41) is 0. The number of carbonyl (C=O) groups excluding carboxylic acids is 1. The van der Waals surface area contributed by atoms with Crippen molar-refractivity contribution in [2.45, 2.75) is 64.9 Å². The van der Waals surface area contributed by atoms with Crippen molar-refractivity contribution in [3.63, 3.8) is 0 Å². The van der Waals surface area contributed by atoms with Crippen molar-refractivity contribution in [1.82, 2.24) is 4.72 Å². The molecular weight excluding hydrogens is 319 g/mol. The topological polar surface area (TPSA) is 55.4 Å². The summed E-state index contributed by atoms with van der Waals surface area (Å²) < 4.78 is 57.9. The first-order chi connectivity index (χ1) is 9.59. The van der Waals surface area contributed by atoms with E-state index < -0.39 is 45.3 Å². The zero-order chi connectivity index (χ0) is 17.9. The molecule has 22 heavy (non-hydrogen) atoms. The number of halogens is 3. The van der Waals surface area contributed by atoms with E-state index in [2.05, 4.69) is 9.46 Å². The normalized spacial score (nSPS) is 17.7. The van der Waals surface area contributed by atoms with Gasteiger partial charge in [0, 0.05) is 0 Å². The Morgan fingerprint density at radius 3 is 1.86 bits per heavy atom. The van der Waals surface area contributed by atoms with Crippen LogP contribution in [0.15, 0.2) is 0 Å². The van der Waals surface area contributed by atoms with Crippen LogP contribution in [0.3, 0.4) is 0 Å². The highest BCUT2D eigenvalue weighted by molar-refractivity contribution is 7.84. The molecule has 0 unspecified atom stereocenters. The largest absolute Gasteiger partial charge is 0.469 e. The minimum atomic E-state index is -4.72. The molecule has 8 heteroatoms. The second kappa shape index (κ2) is 7.29. The van der Waals surface area contributed by atoms with Gasteiger partial charge in [0.05, 0.1) is 28.8 Å². The Morgan fingerprint density at radius 1 is 1.14 bits per heavy atom. The van der Waals surface area contributed by atoms with Crippen LogP contribution in [-0.4, -0.2) is 34.3 Å². The zero-order valence-electron chi connectivity index (χ0n) is 14.1. The Balaban J connectivity index is 5.60. The summed E-state index contributed by atoms with van der Waals surface area (Å²) in [6.45, 7) is 9.87. The first-order valence-corrected chi connectivity index (χ1v) is 8.07. The van der Waals surface area contributed by atoms with Crippen molar-refractivity contribution in [1.29, 1.82) is 0 Å². The summed E-state index contributed by atoms with van der Waals surface area (Å²) in [6.07, 6.45) is -4.76. The Hall–Kier alpha value is -0.630. The molecule has 4 nitrogen and oxygen atoms in total. The summed E-state index contributed by atoms with van der Waals surface area (Å²) >= 11 is 0. The highest BCUT2D eigenvalue weighted by Gasteiger charge is 2.50. The fourth-order valence-corrected chi connectivity index (χ4v) is 2.70. The third kappa shape index (κ3) is 7.09. The Kier molecular flexibility index (Phi) is 7.09. The van der Waals surface area contributed by atoms with Crippen molar-refractivity contribution in [3.8, 4) is 0 Å². The van der Waals surface area contributed by atoms with Gasteiger partial charge in [-0.25, -0.2) is 8.93 Å². The number of hydrogen-bond donors (Lipinski definition) is 1. The van der Waals surface area contributed by atoms with Crippen molar-refractivity contribution < 1.29 is 26.9 Å². The monoisotopic (exact) mass is 345 g/mol. The number of methoxy groups -OCH3 is 1. The summed E-state index contributed by atoms with van der Waals surface area (Å²) in [5.74, 6) is -2.42. The van der Waals surface area contributed by atoms with Crippen molar-refractivity contribution in [2.24, 2.45) is 11.3 Å². The first kappa shape index (κ1) is 21.4. The summed E-state index contributed by atoms with van der Waals surface area (Å²) in [5.41, 5.74) is -0.521. The second-order valence-corrected chi connectivity index (χ2v) is 9.41. The number of hydrogen-bond acceptors (Lipinski definition) is 3. The van der Waals surface area contributed by atoms with Crippen molar-refractivity contribution in [2.75, 3.05) is 7.11 Å². The van der Waals surface area contributed by atoms with Crippen LogP contribution >= 0.6 is 0 Å². The lowest BCUT2D eigenvalue weighted by Crippen LogP contribution is -2.54. The molecule has 0 aromatic rings. The Morgan fingerprint density at radius 2 is 1.59 bits per heavy atom. The molecule has 132 valence electrons. The van der Waals surface area contributed by atoms with Gasteiger partial charge in [0.15, 0.2) is 0 Å². The van der Waals surface area contributed by atoms with E-state index in [1.807, 2.05) is 0 Å². The predicted molar refractivity (Wildman–Crippen MR) is 80.5 cm³/mol. The molecule has 0 spiro atoms. The van der Waals surface area contributed by atoms with Gasteiger partial charge in [-0.1, -0.05) is 20.8 Å². The predicted octanol–water partition coefficient (Wildman–Crippen LogP) is 3.19. The van der Waals surface area contributed by atoms with Gasteiger partial charge in [0.1, 0.15) is 6.04 Å². The molecule has 0 aromatic carbocycles. The lowest BCUT2D eigenvalue weighted by Gasteiger charge is -2.33. The van der Waals surface area contributed by atoms with Gasteiger partial charge >= 0.3 is 12.1 Å². The van der Waals surface area contributed by atoms with Crippen LogP contribution in [0.1, 0.15) is 48.0 Å². The van der Waals surface area contributed by atoms with Crippen molar-refractivity contribution in [3.05, 3.63) is 0 Å². The molecule has 0 amide bonds. The fourth-order valence-electron chi connectivity index (χ4n) is 1.82. The molecule has 0 radical (unpaired) electrons. The lowest BCUT2D eigenvalue weighted by molar-refractivity contribution is -0.179. The van der Waals surface area contributed by atoms with Crippen LogP contribution in [0.25, 0.3) is 0 Å². The van der Waals surface area contributed by atoms with Crippen LogP contribution in [-0.2, 0) is 20.5 Å². The van der Waals surface area contributed by atoms with Gasteiger partial charge in [-0.3, -0.25) is 4.79 Å². The highest BCUT2D eigenvalue weighted by Crippen LogP contribution is 2.34. The maximum absolute atomic E-state index is 13.4. The van der Waals surface area contributed by atoms with Crippen LogP contribution in [0.5, 0.6) is 0 Å². The molecule has 0 aliphatic heterocycles. The zero-order valence-corrected chi connectivity index (χ0v) is 14.9. The van der Waals surface area contributed by atoms with E-state index in [9.17, 15) is 22.2 Å². The maximum atomic E-state index is 13.4. The minimum Gasteiger partial charge on any atom is -0.469 e. The van der Waals surface area contributed by atoms with Gasteiger partial charge in [0.2, 0.25) is 0 Å². The molecule has 0 aliphatic carbocycles. The first-order valence-electron chi connectivity index (χ1n) is 6.92. The van der Waals surface area contributed by atoms with Crippen LogP contribution in [0.4, 0.5) is 13.2 Å². The van der Waals surface area contributed by atoms with Crippen LogP contribution in [0.2, 0.25) is 0 Å². The van der Waals surface area contributed by atoms with E-state index >= 15 is 0 Å². The van der Waals surface area contributed by atoms with Crippen LogP contribution < -0.4 is 4.72 Å². The molecular formula is C14H26F3NO3S. The van der Waals surface area contributed by atoms with Gasteiger partial charge in [-0.15, -0.1) is 0 Å². The van der Waals surface area contributed by atoms with E-state index in [1.54, 1.807) is 41.5 Å². The number of ether oxygens (including phenoxy) is 1. The SMILES string of the molecule is COC(=O)[C@H](CC(C)(C)C)[C@@H](N[S@](=O)C(C)(C)C)C(F)(F)F. The second-order valence-electron chi connectivity index (χ2n) is 7.41. The third-order valence-corrected chi connectivity index (χ3v) is 4.46. The van der Waals surface area contributed by atoms with Gasteiger partial charge < -0.3 is 4.74 Å². The molecule has 0 rings (SSSR count). The minimum absolute atomic E-state index is 0.0435. The summed E-state index contributed by atoms with van der Waals surface area (Å²) in [6, 6.07) is -2.22. The quantitative estimate of drug-likeness (QED) is 0.779. The maximum Gasteiger partial charge on any atom is 0.405 e. The third-order valence-electron chi connectivity index (χ3n) is 2.88. The smallest absolute Gasteiger partial charge is 0.405 e.